The van der Waals surface area contributed by atoms with Crippen LogP contribution in [0.1, 0.15) is 97.6 Å². The van der Waals surface area contributed by atoms with Gasteiger partial charge in [-0.25, -0.2) is 18.0 Å². The summed E-state index contributed by atoms with van der Waals surface area (Å²) in [7, 11) is -4.05. The molecule has 5 rings (SSSR count). The summed E-state index contributed by atoms with van der Waals surface area (Å²) >= 11 is 6.64. The molecule has 7 atom stereocenters. The molecule has 2 aliphatic carbocycles. The van der Waals surface area contributed by atoms with Gasteiger partial charge >= 0.3 is 12.2 Å². The maximum atomic E-state index is 14.8. The van der Waals surface area contributed by atoms with Crippen LogP contribution in [0.15, 0.2) is 24.3 Å². The molecule has 0 aromatic heterocycles. The van der Waals surface area contributed by atoms with E-state index in [0.717, 1.165) is 16.9 Å². The first-order chi connectivity index (χ1) is 25.0. The monoisotopic (exact) mass is 791 g/mol. The van der Waals surface area contributed by atoms with Gasteiger partial charge in [-0.15, -0.1) is 0 Å². The fourth-order valence-corrected chi connectivity index (χ4v) is 9.52. The minimum atomic E-state index is -4.05. The van der Waals surface area contributed by atoms with Crippen LogP contribution in [0.3, 0.4) is 0 Å². The van der Waals surface area contributed by atoms with Gasteiger partial charge < -0.3 is 25.4 Å². The molecule has 1 saturated heterocycles. The van der Waals surface area contributed by atoms with Crippen LogP contribution in [-0.4, -0.2) is 88.9 Å². The molecular weight excluding hydrogens is 738 g/mol. The number of alkyl carbamates (subject to hydrolysis) is 1. The first-order valence-corrected chi connectivity index (χ1v) is 20.5. The lowest BCUT2D eigenvalue weighted by molar-refractivity contribution is -0.142. The normalized spacial score (nSPS) is 30.4. The smallest absolute Gasteiger partial charge is 0.412 e. The maximum absolute atomic E-state index is 14.8. The molecule has 298 valence electrons. The van der Waals surface area contributed by atoms with Crippen LogP contribution in [0.5, 0.6) is 0 Å². The van der Waals surface area contributed by atoms with Crippen molar-refractivity contribution in [3.05, 3.63) is 40.4 Å². The maximum Gasteiger partial charge on any atom is 0.412 e. The number of allylic oxidation sites excluding steroid dienone is 1. The number of fused-ring (bicyclic) bond motifs is 2. The largest absolute Gasteiger partial charge is 0.465 e. The summed E-state index contributed by atoms with van der Waals surface area (Å²) in [5.74, 6) is -3.09. The molecule has 5 amide bonds. The molecule has 1 aromatic rings. The number of nitrogens with one attached hydrogen (secondary N) is 3. The highest BCUT2D eigenvalue weighted by Crippen LogP contribution is 2.48. The van der Waals surface area contributed by atoms with Gasteiger partial charge in [-0.05, 0) is 116 Å². The zero-order valence-electron chi connectivity index (χ0n) is 32.3. The van der Waals surface area contributed by atoms with Gasteiger partial charge in [0.2, 0.25) is 21.8 Å². The predicted octanol–water partition coefficient (Wildman–Crippen LogP) is 5.19. The Hall–Kier alpha value is -3.85. The number of hydrogen-bond acceptors (Lipinski definition) is 8. The average Bonchev–Trinajstić information content (AvgIpc) is 3.91. The third kappa shape index (κ3) is 8.66. The van der Waals surface area contributed by atoms with Crippen LogP contribution < -0.4 is 20.3 Å². The van der Waals surface area contributed by atoms with E-state index in [9.17, 15) is 37.5 Å². The Labute approximate surface area is 322 Å². The van der Waals surface area contributed by atoms with Gasteiger partial charge in [0.05, 0.1) is 21.5 Å². The summed E-state index contributed by atoms with van der Waals surface area (Å²) in [5.41, 5.74) is -0.889. The number of halogens is 1. The van der Waals surface area contributed by atoms with Crippen molar-refractivity contribution in [2.24, 2.45) is 17.8 Å². The highest BCUT2D eigenvalue weighted by atomic mass is 35.5. The average molecular weight is 792 g/mol. The van der Waals surface area contributed by atoms with E-state index in [0.29, 0.717) is 31.2 Å². The molecule has 3 fully saturated rings. The zero-order chi connectivity index (χ0) is 40.1. The quantitative estimate of drug-likeness (QED) is 0.281. The van der Waals surface area contributed by atoms with Crippen molar-refractivity contribution in [2.75, 3.05) is 11.4 Å². The fourth-order valence-electron chi connectivity index (χ4n) is 7.80. The van der Waals surface area contributed by atoms with Crippen molar-refractivity contribution in [1.29, 1.82) is 0 Å². The van der Waals surface area contributed by atoms with Crippen molar-refractivity contribution < 1.29 is 42.2 Å². The number of aryl methyl sites for hydroxylation is 2. The van der Waals surface area contributed by atoms with Crippen molar-refractivity contribution in [2.45, 2.75) is 134 Å². The first kappa shape index (κ1) is 41.3. The summed E-state index contributed by atoms with van der Waals surface area (Å²) in [5, 5.41) is 16.3. The summed E-state index contributed by atoms with van der Waals surface area (Å²) in [6, 6.07) is -0.0124. The van der Waals surface area contributed by atoms with Crippen LogP contribution in [0.25, 0.3) is 0 Å². The van der Waals surface area contributed by atoms with Gasteiger partial charge in [-0.1, -0.05) is 43.7 Å². The highest BCUT2D eigenvalue weighted by molar-refractivity contribution is 7.91. The third-order valence-corrected chi connectivity index (χ3v) is 13.6. The number of anilines is 1. The van der Waals surface area contributed by atoms with Crippen molar-refractivity contribution in [3.8, 4) is 0 Å². The van der Waals surface area contributed by atoms with Crippen molar-refractivity contribution >= 4 is 57.2 Å². The topological polar surface area (TPSA) is 192 Å². The summed E-state index contributed by atoms with van der Waals surface area (Å²) in [4.78, 5) is 71.8. The van der Waals surface area contributed by atoms with Crippen LogP contribution in [0.4, 0.5) is 15.3 Å². The Balaban J connectivity index is 1.57. The highest BCUT2D eigenvalue weighted by Gasteiger charge is 2.63. The molecule has 54 heavy (non-hydrogen) atoms. The van der Waals surface area contributed by atoms with E-state index in [1.807, 2.05) is 32.9 Å². The molecule has 2 aliphatic heterocycles. The Morgan fingerprint density at radius 3 is 2.37 bits per heavy atom. The lowest BCUT2D eigenvalue weighted by Crippen LogP contribution is -2.59. The Morgan fingerprint density at radius 2 is 1.78 bits per heavy atom. The lowest BCUT2D eigenvalue weighted by atomic mass is 9.88. The molecule has 2 saturated carbocycles. The number of rotatable bonds is 6. The number of benzene rings is 1. The lowest BCUT2D eigenvalue weighted by Gasteiger charge is -2.33. The molecule has 4 N–H and O–H groups in total. The molecular formula is C38H54ClN5O9S. The number of carbonyl (C=O) groups excluding carboxylic acids is 4. The van der Waals surface area contributed by atoms with E-state index >= 15 is 0 Å². The Kier molecular flexibility index (Phi) is 11.5. The number of carboxylic acid groups (broad SMARTS) is 1. The van der Waals surface area contributed by atoms with Crippen molar-refractivity contribution in [3.63, 3.8) is 0 Å². The van der Waals surface area contributed by atoms with Gasteiger partial charge in [-0.2, -0.15) is 0 Å². The van der Waals surface area contributed by atoms with Gasteiger partial charge in [0.1, 0.15) is 23.2 Å². The Bertz CT molecular complexity index is 1820. The molecule has 0 unspecified atom stereocenters. The number of ether oxygens (including phenoxy) is 1. The van der Waals surface area contributed by atoms with Crippen LogP contribution >= 0.6 is 11.6 Å². The van der Waals surface area contributed by atoms with E-state index < -0.39 is 85.8 Å². The third-order valence-electron chi connectivity index (χ3n) is 11.1. The number of carbonyl (C=O) groups is 5. The second-order valence-corrected chi connectivity index (χ2v) is 19.7. The van der Waals surface area contributed by atoms with E-state index in [-0.39, 0.29) is 36.0 Å². The van der Waals surface area contributed by atoms with Crippen molar-refractivity contribution in [1.82, 2.24) is 20.3 Å². The molecule has 0 radical (unpaired) electrons. The summed E-state index contributed by atoms with van der Waals surface area (Å²) in [6.07, 6.45) is 4.20. The van der Waals surface area contributed by atoms with E-state index in [4.69, 9.17) is 16.3 Å². The number of hydrogen-bond donors (Lipinski definition) is 4. The minimum absolute atomic E-state index is 0.0956. The van der Waals surface area contributed by atoms with Gasteiger partial charge in [0, 0.05) is 12.5 Å². The SMILES string of the molecule is Cc1cc(C)c(N(C(=O)O)[C@@H]2C[C@H]3C(=O)N[C@]4(C(=O)NS(=O)(=O)C5(C)CC5)C[C@H]4/C=C\CC[C@H](C)C[C@@H](C)[C@H](NC(=O)OC(C)(C)C)C(=O)N3C2)c(Cl)c1. The first-order valence-electron chi connectivity index (χ1n) is 18.6. The molecule has 4 aliphatic rings. The number of nitrogens with zero attached hydrogens (tertiary/aromatic N) is 2. The second kappa shape index (κ2) is 15.0. The predicted molar refractivity (Wildman–Crippen MR) is 203 cm³/mol. The van der Waals surface area contributed by atoms with E-state index in [1.54, 1.807) is 46.8 Å². The molecule has 2 heterocycles. The minimum Gasteiger partial charge on any atom is -0.465 e. The standard InChI is InChI=1S/C38H54ClN5O9S/c1-21-11-9-10-12-25-19-38(25,33(47)42-54(51,52)37(8)13-14-37)41-31(45)28-18-26(44(35(49)50)30-24(4)16-22(2)17-27(30)39)20-43(28)32(46)29(23(3)15-21)40-34(48)53-36(5,6)7/h10,12,16-17,21,23,25-26,28-29H,9,11,13-15,18-20H2,1-8H3,(H,40,48)(H,41,45)(H,42,47)(H,49,50)/b12-10-/t21-,23+,25+,26+,28-,29-,38+/m0/s1. The Morgan fingerprint density at radius 1 is 1.11 bits per heavy atom. The zero-order valence-corrected chi connectivity index (χ0v) is 33.9. The van der Waals surface area contributed by atoms with Gasteiger partial charge in [-0.3, -0.25) is 24.0 Å². The number of amides is 5. The molecule has 0 bridgehead atoms. The van der Waals surface area contributed by atoms with E-state index in [1.165, 1.54) is 4.90 Å². The summed E-state index contributed by atoms with van der Waals surface area (Å²) in [6.45, 7) is 13.8. The van der Waals surface area contributed by atoms with E-state index in [2.05, 4.69) is 15.4 Å². The van der Waals surface area contributed by atoms with Gasteiger partial charge in [0.15, 0.2) is 0 Å². The summed E-state index contributed by atoms with van der Waals surface area (Å²) < 4.78 is 33.0. The molecule has 14 nitrogen and oxygen atoms in total. The number of sulfonamides is 1. The van der Waals surface area contributed by atoms with Crippen LogP contribution in [0.2, 0.25) is 5.02 Å². The fraction of sp³-hybridized carbons (Fsp3) is 0.658. The second-order valence-electron chi connectivity index (χ2n) is 17.1. The molecule has 16 heteroatoms. The molecule has 0 spiro atoms. The van der Waals surface area contributed by atoms with Gasteiger partial charge in [0.25, 0.3) is 5.91 Å². The molecule has 1 aromatic carbocycles. The van der Waals surface area contributed by atoms with Crippen LogP contribution in [0, 0.1) is 31.6 Å². The van der Waals surface area contributed by atoms with Crippen LogP contribution in [-0.2, 0) is 29.1 Å².